The van der Waals surface area contributed by atoms with Gasteiger partial charge < -0.3 is 11.1 Å². The molecule has 0 unspecified atom stereocenters. The monoisotopic (exact) mass is 278 g/mol. The molecule has 19 heavy (non-hydrogen) atoms. The maximum Gasteiger partial charge on any atom is 0.242 e. The van der Waals surface area contributed by atoms with Gasteiger partial charge in [-0.2, -0.15) is 16.4 Å². The number of rotatable bonds is 5. The van der Waals surface area contributed by atoms with E-state index in [1.54, 1.807) is 17.4 Å². The van der Waals surface area contributed by atoms with Crippen LogP contribution < -0.4 is 11.1 Å². The summed E-state index contributed by atoms with van der Waals surface area (Å²) in [4.78, 5) is 11.9. The molecule has 0 aliphatic rings. The van der Waals surface area contributed by atoms with Gasteiger partial charge in [-0.05, 0) is 42.7 Å². The lowest BCUT2D eigenvalue weighted by Gasteiger charge is -2.13. The van der Waals surface area contributed by atoms with Crippen LogP contribution in [-0.4, -0.2) is 21.7 Å². The van der Waals surface area contributed by atoms with Crippen molar-refractivity contribution in [3.8, 4) is 0 Å². The van der Waals surface area contributed by atoms with Gasteiger partial charge in [-0.25, -0.2) is 4.68 Å². The number of hydrogen-bond donors (Lipinski definition) is 2. The molecule has 2 heterocycles. The number of anilines is 1. The van der Waals surface area contributed by atoms with E-state index in [-0.39, 0.29) is 18.5 Å². The predicted octanol–water partition coefficient (Wildman–Crippen LogP) is 1.58. The molecule has 3 N–H and O–H groups in total. The average Bonchev–Trinajstić information content (AvgIpc) is 2.89. The Morgan fingerprint density at radius 1 is 1.63 bits per heavy atom. The molecular formula is C13H18N4OS. The summed E-state index contributed by atoms with van der Waals surface area (Å²) in [5.74, 6) is 0.440. The zero-order valence-corrected chi connectivity index (χ0v) is 11.9. The molecule has 1 amide bonds. The van der Waals surface area contributed by atoms with E-state index in [1.807, 2.05) is 19.2 Å². The Hall–Kier alpha value is -1.82. The molecule has 0 aliphatic carbocycles. The lowest BCUT2D eigenvalue weighted by atomic mass is 10.1. The van der Waals surface area contributed by atoms with Crippen LogP contribution in [0, 0.1) is 6.92 Å². The van der Waals surface area contributed by atoms with Crippen LogP contribution in [0.5, 0.6) is 0 Å². The van der Waals surface area contributed by atoms with Gasteiger partial charge in [0.1, 0.15) is 12.4 Å². The molecule has 5 nitrogen and oxygen atoms in total. The van der Waals surface area contributed by atoms with Gasteiger partial charge in [-0.15, -0.1) is 0 Å². The van der Waals surface area contributed by atoms with E-state index in [0.717, 1.165) is 12.1 Å². The first kappa shape index (κ1) is 13.6. The summed E-state index contributed by atoms with van der Waals surface area (Å²) < 4.78 is 1.52. The Balaban J connectivity index is 1.85. The summed E-state index contributed by atoms with van der Waals surface area (Å²) in [6.45, 7) is 4.00. The first-order chi connectivity index (χ1) is 9.04. The quantitative estimate of drug-likeness (QED) is 0.872. The molecule has 2 aromatic heterocycles. The van der Waals surface area contributed by atoms with Gasteiger partial charge in [0.05, 0.1) is 5.69 Å². The largest absolute Gasteiger partial charge is 0.384 e. The second-order valence-corrected chi connectivity index (χ2v) is 5.45. The Morgan fingerprint density at radius 2 is 2.42 bits per heavy atom. The Labute approximate surface area is 116 Å². The average molecular weight is 278 g/mol. The third-order valence-electron chi connectivity index (χ3n) is 2.76. The number of carbonyl (C=O) groups excluding carboxylic acids is 1. The van der Waals surface area contributed by atoms with E-state index in [4.69, 9.17) is 5.73 Å². The van der Waals surface area contributed by atoms with Crippen molar-refractivity contribution in [3.05, 3.63) is 34.2 Å². The minimum Gasteiger partial charge on any atom is -0.384 e. The highest BCUT2D eigenvalue weighted by atomic mass is 32.1. The Morgan fingerprint density at radius 3 is 3.00 bits per heavy atom. The van der Waals surface area contributed by atoms with Crippen molar-refractivity contribution >= 4 is 23.1 Å². The fourth-order valence-corrected chi connectivity index (χ4v) is 2.64. The first-order valence-corrected chi connectivity index (χ1v) is 7.09. The topological polar surface area (TPSA) is 72.9 Å². The number of hydrogen-bond acceptors (Lipinski definition) is 4. The van der Waals surface area contributed by atoms with Gasteiger partial charge in [0.15, 0.2) is 0 Å². The zero-order valence-electron chi connectivity index (χ0n) is 11.1. The van der Waals surface area contributed by atoms with Crippen molar-refractivity contribution in [3.63, 3.8) is 0 Å². The standard InChI is InChI=1S/C13H18N4OS/c1-9(5-11-3-4-19-8-11)15-13(18)7-17-12(14)6-10(2)16-17/h3-4,6,8-9H,5,7,14H2,1-2H3,(H,15,18)/t9-/m1/s1. The SMILES string of the molecule is Cc1cc(N)n(CC(=O)N[C@H](C)Cc2ccsc2)n1. The molecule has 1 atom stereocenters. The number of aromatic nitrogens is 2. The summed E-state index contributed by atoms with van der Waals surface area (Å²) in [5, 5.41) is 11.3. The van der Waals surface area contributed by atoms with E-state index >= 15 is 0 Å². The van der Waals surface area contributed by atoms with E-state index in [1.165, 1.54) is 10.2 Å². The lowest BCUT2D eigenvalue weighted by Crippen LogP contribution is -2.36. The van der Waals surface area contributed by atoms with Crippen molar-refractivity contribution < 1.29 is 4.79 Å². The highest BCUT2D eigenvalue weighted by molar-refractivity contribution is 7.07. The molecule has 0 saturated carbocycles. The van der Waals surface area contributed by atoms with Gasteiger partial charge in [-0.3, -0.25) is 4.79 Å². The van der Waals surface area contributed by atoms with Crippen molar-refractivity contribution in [1.29, 1.82) is 0 Å². The molecule has 2 rings (SSSR count). The maximum absolute atomic E-state index is 11.9. The molecule has 102 valence electrons. The van der Waals surface area contributed by atoms with Crippen LogP contribution in [0.4, 0.5) is 5.82 Å². The van der Waals surface area contributed by atoms with Crippen LogP contribution in [0.3, 0.4) is 0 Å². The molecule has 0 aliphatic heterocycles. The molecule has 0 saturated heterocycles. The van der Waals surface area contributed by atoms with Crippen LogP contribution in [0.25, 0.3) is 0 Å². The molecule has 0 spiro atoms. The molecule has 2 aromatic rings. The third-order valence-corrected chi connectivity index (χ3v) is 3.49. The van der Waals surface area contributed by atoms with E-state index in [0.29, 0.717) is 5.82 Å². The normalized spacial score (nSPS) is 12.3. The van der Waals surface area contributed by atoms with Crippen LogP contribution >= 0.6 is 11.3 Å². The summed E-state index contributed by atoms with van der Waals surface area (Å²) >= 11 is 1.66. The van der Waals surface area contributed by atoms with Gasteiger partial charge in [0.25, 0.3) is 0 Å². The number of nitrogens with one attached hydrogen (secondary N) is 1. The van der Waals surface area contributed by atoms with Crippen molar-refractivity contribution in [2.75, 3.05) is 5.73 Å². The highest BCUT2D eigenvalue weighted by Crippen LogP contribution is 2.09. The number of nitrogen functional groups attached to an aromatic ring is 1. The van der Waals surface area contributed by atoms with Crippen LogP contribution in [0.2, 0.25) is 0 Å². The van der Waals surface area contributed by atoms with Gasteiger partial charge >= 0.3 is 0 Å². The fourth-order valence-electron chi connectivity index (χ4n) is 1.96. The third kappa shape index (κ3) is 3.82. The summed E-state index contributed by atoms with van der Waals surface area (Å²) in [7, 11) is 0. The Bertz CT molecular complexity index is 547. The van der Waals surface area contributed by atoms with E-state index in [9.17, 15) is 4.79 Å². The number of nitrogens with zero attached hydrogens (tertiary/aromatic N) is 2. The Kier molecular flexibility index (Phi) is 4.21. The first-order valence-electron chi connectivity index (χ1n) is 6.15. The minimum atomic E-state index is -0.0717. The predicted molar refractivity (Wildman–Crippen MR) is 77.0 cm³/mol. The lowest BCUT2D eigenvalue weighted by molar-refractivity contribution is -0.122. The number of aryl methyl sites for hydroxylation is 1. The second kappa shape index (κ2) is 5.88. The summed E-state index contributed by atoms with van der Waals surface area (Å²) in [6, 6.07) is 3.92. The second-order valence-electron chi connectivity index (χ2n) is 4.67. The van der Waals surface area contributed by atoms with E-state index in [2.05, 4.69) is 21.9 Å². The van der Waals surface area contributed by atoms with Crippen LogP contribution in [0.15, 0.2) is 22.9 Å². The number of amides is 1. The molecule has 6 heteroatoms. The van der Waals surface area contributed by atoms with Crippen molar-refractivity contribution in [2.24, 2.45) is 0 Å². The molecule has 0 radical (unpaired) electrons. The van der Waals surface area contributed by atoms with Gasteiger partial charge in [-0.1, -0.05) is 0 Å². The number of nitrogens with two attached hydrogens (primary N) is 1. The van der Waals surface area contributed by atoms with Gasteiger partial charge in [0.2, 0.25) is 5.91 Å². The van der Waals surface area contributed by atoms with Crippen LogP contribution in [0.1, 0.15) is 18.2 Å². The van der Waals surface area contributed by atoms with Crippen molar-refractivity contribution in [2.45, 2.75) is 32.9 Å². The summed E-state index contributed by atoms with van der Waals surface area (Å²) in [6.07, 6.45) is 0.836. The highest BCUT2D eigenvalue weighted by Gasteiger charge is 2.11. The van der Waals surface area contributed by atoms with Crippen molar-refractivity contribution in [1.82, 2.24) is 15.1 Å². The smallest absolute Gasteiger partial charge is 0.242 e. The minimum absolute atomic E-state index is 0.0717. The molecule has 0 fully saturated rings. The maximum atomic E-state index is 11.9. The van der Waals surface area contributed by atoms with Gasteiger partial charge in [0, 0.05) is 12.1 Å². The zero-order chi connectivity index (χ0) is 13.8. The van der Waals surface area contributed by atoms with E-state index < -0.39 is 0 Å². The number of thiophene rings is 1. The number of carbonyl (C=O) groups is 1. The molecule has 0 aromatic carbocycles. The fraction of sp³-hybridized carbons (Fsp3) is 0.385. The summed E-state index contributed by atoms with van der Waals surface area (Å²) in [5.41, 5.74) is 7.81. The van der Waals surface area contributed by atoms with Crippen LogP contribution in [-0.2, 0) is 17.8 Å². The molecule has 0 bridgehead atoms. The molecular weight excluding hydrogens is 260 g/mol.